The van der Waals surface area contributed by atoms with Crippen LogP contribution in [0.25, 0.3) is 31.7 Å². The number of nitrogens with zero attached hydrogens (tertiary/aromatic N) is 3. The van der Waals surface area contributed by atoms with Crippen molar-refractivity contribution in [1.29, 1.82) is 0 Å². The number of rotatable bonds is 3. The van der Waals surface area contributed by atoms with Gasteiger partial charge in [-0.15, -0.1) is 34.0 Å². The largest absolute Gasteiger partial charge is 0.255 e. The van der Waals surface area contributed by atoms with Gasteiger partial charge in [0.2, 0.25) is 0 Å². The first-order valence-corrected chi connectivity index (χ1v) is 14.0. The summed E-state index contributed by atoms with van der Waals surface area (Å²) in [6.45, 7) is 6.32. The SMILES string of the molecule is Cc1ccc(-c2ccccn2)s1.Cc1ccc(-c2ccccn2)s1.Cc1ccc(-c2ccccn2)s1.[Ir]. The Morgan fingerprint density at radius 3 is 0.892 bits per heavy atom. The summed E-state index contributed by atoms with van der Waals surface area (Å²) < 4.78 is 0. The molecule has 0 bridgehead atoms. The van der Waals surface area contributed by atoms with Crippen LogP contribution in [0.1, 0.15) is 14.6 Å². The Morgan fingerprint density at radius 2 is 0.703 bits per heavy atom. The predicted octanol–water partition coefficient (Wildman–Crippen LogP) is 9.35. The summed E-state index contributed by atoms with van der Waals surface area (Å²) >= 11 is 5.33. The fraction of sp³-hybridized carbons (Fsp3) is 0.100. The Morgan fingerprint density at radius 1 is 0.405 bits per heavy atom. The van der Waals surface area contributed by atoms with E-state index in [9.17, 15) is 0 Å². The van der Waals surface area contributed by atoms with Crippen LogP contribution < -0.4 is 0 Å². The zero-order chi connectivity index (χ0) is 25.2. The minimum atomic E-state index is 0. The van der Waals surface area contributed by atoms with E-state index < -0.39 is 0 Å². The molecule has 0 N–H and O–H groups in total. The van der Waals surface area contributed by atoms with Gasteiger partial charge in [0.25, 0.3) is 0 Å². The van der Waals surface area contributed by atoms with Crippen LogP contribution in [0.4, 0.5) is 0 Å². The molecule has 6 heterocycles. The smallest absolute Gasteiger partial charge is 0.0801 e. The summed E-state index contributed by atoms with van der Waals surface area (Å²) in [5, 5.41) is 0. The molecule has 0 unspecified atom stereocenters. The van der Waals surface area contributed by atoms with Gasteiger partial charge in [0.15, 0.2) is 0 Å². The molecule has 0 aliphatic carbocycles. The molecule has 0 fully saturated rings. The third kappa shape index (κ3) is 8.92. The molecule has 3 nitrogen and oxygen atoms in total. The molecule has 0 saturated heterocycles. The Balaban J connectivity index is 0.000000152. The van der Waals surface area contributed by atoms with E-state index in [4.69, 9.17) is 0 Å². The van der Waals surface area contributed by atoms with Gasteiger partial charge in [0, 0.05) is 53.3 Å². The van der Waals surface area contributed by atoms with E-state index in [0.29, 0.717) is 0 Å². The quantitative estimate of drug-likeness (QED) is 0.183. The van der Waals surface area contributed by atoms with E-state index in [1.54, 1.807) is 34.0 Å². The molecule has 6 rings (SSSR count). The molecule has 0 atom stereocenters. The van der Waals surface area contributed by atoms with Crippen molar-refractivity contribution in [2.75, 3.05) is 0 Å². The number of aromatic nitrogens is 3. The summed E-state index contributed by atoms with van der Waals surface area (Å²) in [7, 11) is 0. The van der Waals surface area contributed by atoms with Gasteiger partial charge in [0.05, 0.1) is 31.7 Å². The summed E-state index contributed by atoms with van der Waals surface area (Å²) in [5.74, 6) is 0. The van der Waals surface area contributed by atoms with E-state index in [1.165, 1.54) is 29.3 Å². The standard InChI is InChI=1S/3C10H9NS.Ir/c3*1-8-5-6-10(12-8)9-4-2-3-7-11-9;/h3*2-7H,1H3;. The van der Waals surface area contributed by atoms with Gasteiger partial charge in [-0.2, -0.15) is 0 Å². The Bertz CT molecular complexity index is 1280. The van der Waals surface area contributed by atoms with Crippen molar-refractivity contribution < 1.29 is 20.1 Å². The van der Waals surface area contributed by atoms with Crippen LogP contribution in [0.2, 0.25) is 0 Å². The molecule has 0 aromatic carbocycles. The Kier molecular flexibility index (Phi) is 11.5. The van der Waals surface area contributed by atoms with Gasteiger partial charge < -0.3 is 0 Å². The number of pyridine rings is 3. The summed E-state index contributed by atoms with van der Waals surface area (Å²) in [4.78, 5) is 20.5. The maximum Gasteiger partial charge on any atom is 0.0801 e. The van der Waals surface area contributed by atoms with Crippen molar-refractivity contribution in [2.24, 2.45) is 0 Å². The first-order chi connectivity index (χ1) is 17.6. The molecule has 6 aromatic rings. The van der Waals surface area contributed by atoms with Gasteiger partial charge >= 0.3 is 0 Å². The van der Waals surface area contributed by atoms with Gasteiger partial charge in [-0.05, 0) is 93.6 Å². The third-order valence-corrected chi connectivity index (χ3v) is 8.04. The van der Waals surface area contributed by atoms with E-state index in [2.05, 4.69) is 72.1 Å². The second-order valence-corrected chi connectivity index (χ2v) is 11.7. The molecule has 0 aliphatic rings. The molecule has 7 heteroatoms. The molecular weight excluding hydrogens is 691 g/mol. The van der Waals surface area contributed by atoms with Gasteiger partial charge in [-0.25, -0.2) is 0 Å². The third-order valence-electron chi connectivity index (χ3n) is 4.97. The molecule has 0 aliphatic heterocycles. The van der Waals surface area contributed by atoms with Crippen LogP contribution in [-0.2, 0) is 20.1 Å². The molecule has 6 aromatic heterocycles. The second-order valence-electron chi connectivity index (χ2n) is 7.88. The zero-order valence-corrected chi connectivity index (χ0v) is 25.6. The zero-order valence-electron chi connectivity index (χ0n) is 20.8. The Labute approximate surface area is 244 Å². The number of hydrogen-bond donors (Lipinski definition) is 0. The van der Waals surface area contributed by atoms with E-state index in [-0.39, 0.29) is 20.1 Å². The van der Waals surface area contributed by atoms with Crippen LogP contribution >= 0.6 is 34.0 Å². The summed E-state index contributed by atoms with van der Waals surface area (Å²) in [6.07, 6.45) is 5.47. The van der Waals surface area contributed by atoms with Crippen LogP contribution in [0.15, 0.2) is 110 Å². The average Bonchev–Trinajstić information content (AvgIpc) is 3.68. The molecule has 0 spiro atoms. The maximum absolute atomic E-state index is 4.27. The van der Waals surface area contributed by atoms with Crippen LogP contribution in [0.5, 0.6) is 0 Å². The molecule has 37 heavy (non-hydrogen) atoms. The van der Waals surface area contributed by atoms with Crippen molar-refractivity contribution in [3.8, 4) is 31.7 Å². The molecule has 0 saturated carbocycles. The van der Waals surface area contributed by atoms with Gasteiger partial charge in [-0.3, -0.25) is 15.0 Å². The predicted molar refractivity (Wildman–Crippen MR) is 157 cm³/mol. The van der Waals surface area contributed by atoms with Crippen molar-refractivity contribution >= 4 is 34.0 Å². The number of aryl methyl sites for hydroxylation is 3. The molecular formula is C30H27IrN3S3. The monoisotopic (exact) mass is 718 g/mol. The summed E-state index contributed by atoms with van der Waals surface area (Å²) in [5.41, 5.74) is 3.20. The van der Waals surface area contributed by atoms with Crippen molar-refractivity contribution in [3.63, 3.8) is 0 Å². The molecule has 189 valence electrons. The first kappa shape index (κ1) is 28.8. The van der Waals surface area contributed by atoms with E-state index in [1.807, 2.05) is 73.2 Å². The molecule has 1 radical (unpaired) electrons. The minimum Gasteiger partial charge on any atom is -0.255 e. The van der Waals surface area contributed by atoms with Crippen molar-refractivity contribution in [1.82, 2.24) is 15.0 Å². The van der Waals surface area contributed by atoms with E-state index in [0.717, 1.165) is 17.1 Å². The topological polar surface area (TPSA) is 38.7 Å². The van der Waals surface area contributed by atoms with Crippen LogP contribution in [0.3, 0.4) is 0 Å². The van der Waals surface area contributed by atoms with Gasteiger partial charge in [-0.1, -0.05) is 18.2 Å². The summed E-state index contributed by atoms with van der Waals surface area (Å²) in [6, 6.07) is 30.6. The van der Waals surface area contributed by atoms with Crippen molar-refractivity contribution in [2.45, 2.75) is 20.8 Å². The number of hydrogen-bond acceptors (Lipinski definition) is 6. The number of thiophene rings is 3. The normalized spacial score (nSPS) is 9.81. The Hall–Kier alpha value is -2.80. The molecule has 0 amide bonds. The van der Waals surface area contributed by atoms with E-state index >= 15 is 0 Å². The van der Waals surface area contributed by atoms with Crippen LogP contribution in [0, 0.1) is 20.8 Å². The van der Waals surface area contributed by atoms with Crippen molar-refractivity contribution in [3.05, 3.63) is 124 Å². The maximum atomic E-state index is 4.27. The average molecular weight is 718 g/mol. The second kappa shape index (κ2) is 14.8. The van der Waals surface area contributed by atoms with Crippen LogP contribution in [-0.4, -0.2) is 15.0 Å². The fourth-order valence-corrected chi connectivity index (χ4v) is 5.78. The minimum absolute atomic E-state index is 0. The fourth-order valence-electron chi connectivity index (χ4n) is 3.24. The van der Waals surface area contributed by atoms with Gasteiger partial charge in [0.1, 0.15) is 0 Å². The first-order valence-electron chi connectivity index (χ1n) is 11.5.